The summed E-state index contributed by atoms with van der Waals surface area (Å²) in [6, 6.07) is 93.4. The first kappa shape index (κ1) is 47.9. The van der Waals surface area contributed by atoms with E-state index in [0.717, 1.165) is 84.2 Å². The van der Waals surface area contributed by atoms with Crippen LogP contribution in [0, 0.1) is 0 Å². The van der Waals surface area contributed by atoms with Gasteiger partial charge in [-0.05, 0) is 154 Å². The SMILES string of the molecule is CC12CC=CC=C1c1cc(-c3ccc4c5ccccc5n(-c5nc(-c6cccc(-c7cccc(-c8ccccc8)c7)c6)cc(-c6cccc(-n7c8ccccc8c8ccc(-c9ccc%10sc%11ccccc%11c%10c9)cc87)c6)n5)c4c3)ccc1S2. The Morgan fingerprint density at radius 1 is 0.373 bits per heavy atom. The van der Waals surface area contributed by atoms with Crippen molar-refractivity contribution in [2.45, 2.75) is 23.0 Å². The largest absolute Gasteiger partial charge is 0.309 e. The smallest absolute Gasteiger partial charge is 0.235 e. The third kappa shape index (κ3) is 7.89. The van der Waals surface area contributed by atoms with Crippen LogP contribution >= 0.6 is 23.1 Å². The summed E-state index contributed by atoms with van der Waals surface area (Å²) in [6.07, 6.45) is 7.86. The number of nitrogens with zero attached hydrogens (tertiary/aromatic N) is 4. The lowest BCUT2D eigenvalue weighted by Crippen LogP contribution is -2.18. The van der Waals surface area contributed by atoms with Gasteiger partial charge in [0.05, 0.1) is 33.5 Å². The van der Waals surface area contributed by atoms with Gasteiger partial charge in [-0.25, -0.2) is 9.97 Å². The van der Waals surface area contributed by atoms with Gasteiger partial charge >= 0.3 is 0 Å². The van der Waals surface area contributed by atoms with Gasteiger partial charge in [0.15, 0.2) is 0 Å². The van der Waals surface area contributed by atoms with Gasteiger partial charge in [-0.1, -0.05) is 188 Å². The van der Waals surface area contributed by atoms with Gasteiger partial charge in [-0.15, -0.1) is 23.1 Å². The number of aromatic nitrogens is 4. The van der Waals surface area contributed by atoms with Gasteiger partial charge in [0.1, 0.15) is 0 Å². The summed E-state index contributed by atoms with van der Waals surface area (Å²) in [7, 11) is 0. The highest BCUT2D eigenvalue weighted by molar-refractivity contribution is 8.01. The molecule has 11 aromatic carbocycles. The summed E-state index contributed by atoms with van der Waals surface area (Å²) in [5, 5.41) is 7.34. The van der Waals surface area contributed by atoms with Crippen molar-refractivity contribution >= 4 is 92.5 Å². The third-order valence-electron chi connectivity index (χ3n) is 17.2. The minimum absolute atomic E-state index is 0.0562. The normalized spacial score (nSPS) is 14.8. The van der Waals surface area contributed by atoms with Crippen molar-refractivity contribution in [3.8, 4) is 78.7 Å². The molecule has 6 heteroatoms. The molecule has 15 aromatic rings. The fraction of sp³-hybridized carbons (Fsp3) is 0.0390. The molecule has 1 aliphatic heterocycles. The molecule has 5 heterocycles. The van der Waals surface area contributed by atoms with Crippen LogP contribution in [0.3, 0.4) is 0 Å². The summed E-state index contributed by atoms with van der Waals surface area (Å²) < 4.78 is 7.39. The molecule has 390 valence electrons. The zero-order valence-corrected chi connectivity index (χ0v) is 46.9. The molecular formula is C77H50N4S2. The maximum atomic E-state index is 5.67. The Morgan fingerprint density at radius 3 is 1.64 bits per heavy atom. The van der Waals surface area contributed by atoms with Gasteiger partial charge in [-0.3, -0.25) is 4.57 Å². The van der Waals surface area contributed by atoms with E-state index in [9.17, 15) is 0 Å². The molecule has 0 fully saturated rings. The molecule has 0 bridgehead atoms. The third-order valence-corrected chi connectivity index (χ3v) is 19.8. The molecule has 0 saturated heterocycles. The predicted octanol–water partition coefficient (Wildman–Crippen LogP) is 21.2. The number of allylic oxidation sites excluding steroid dienone is 3. The van der Waals surface area contributed by atoms with Gasteiger partial charge in [0.2, 0.25) is 5.95 Å². The van der Waals surface area contributed by atoms with E-state index in [2.05, 4.69) is 289 Å². The Labute approximate surface area is 488 Å². The average molecular weight is 1100 g/mol. The van der Waals surface area contributed by atoms with Crippen LogP contribution in [-0.4, -0.2) is 23.8 Å². The van der Waals surface area contributed by atoms with Crippen LogP contribution < -0.4 is 0 Å². The van der Waals surface area contributed by atoms with Crippen LogP contribution in [0.1, 0.15) is 18.9 Å². The summed E-state index contributed by atoms with van der Waals surface area (Å²) >= 11 is 3.85. The highest BCUT2D eigenvalue weighted by Crippen LogP contribution is 2.56. The fourth-order valence-electron chi connectivity index (χ4n) is 13.2. The number of thioether (sulfide) groups is 1. The molecule has 1 unspecified atom stereocenters. The number of para-hydroxylation sites is 2. The maximum Gasteiger partial charge on any atom is 0.235 e. The number of rotatable bonds is 8. The first-order chi connectivity index (χ1) is 40.9. The predicted molar refractivity (Wildman–Crippen MR) is 352 cm³/mol. The van der Waals surface area contributed by atoms with E-state index in [1.165, 1.54) is 74.8 Å². The second-order valence-corrected chi connectivity index (χ2v) is 24.9. The zero-order valence-electron chi connectivity index (χ0n) is 45.3. The second kappa shape index (κ2) is 18.9. The lowest BCUT2D eigenvalue weighted by Gasteiger charge is -2.25. The molecule has 0 radical (unpaired) electrons. The Balaban J connectivity index is 0.846. The molecule has 0 amide bonds. The van der Waals surface area contributed by atoms with Crippen molar-refractivity contribution < 1.29 is 0 Å². The monoisotopic (exact) mass is 1090 g/mol. The molecule has 4 nitrogen and oxygen atoms in total. The van der Waals surface area contributed by atoms with Crippen LogP contribution in [0.2, 0.25) is 0 Å². The summed E-state index contributed by atoms with van der Waals surface area (Å²) in [5.74, 6) is 0.611. The number of fused-ring (bicyclic) bond motifs is 12. The standard InChI is InChI=1S/C77H50N4S2/c1-77-39-12-11-27-66(77)65-44-53(34-38-75(65)83-77)55-32-36-62-60-25-6-9-29-70(60)81(72(62)46-55)76-78-67(56-21-14-20-51(41-56)50-19-13-18-49(40-50)48-16-3-2-4-17-48)47-68(79-76)57-22-15-23-58(42-57)80-69-28-8-5-24-59(69)61-35-31-54(45-71(61)80)52-33-37-74-64(43-52)63-26-7-10-30-73(63)82-74/h2-38,40-47H,39H2,1H3. The molecule has 0 saturated carbocycles. The highest BCUT2D eigenvalue weighted by atomic mass is 32.2. The molecule has 17 rings (SSSR count). The summed E-state index contributed by atoms with van der Waals surface area (Å²) in [4.78, 5) is 12.6. The number of hydrogen-bond acceptors (Lipinski definition) is 4. The molecule has 1 aliphatic carbocycles. The van der Waals surface area contributed by atoms with E-state index >= 15 is 0 Å². The topological polar surface area (TPSA) is 35.6 Å². The quantitative estimate of drug-likeness (QED) is 0.152. The molecule has 4 aromatic heterocycles. The first-order valence-corrected chi connectivity index (χ1v) is 30.0. The molecule has 2 aliphatic rings. The number of benzene rings is 11. The van der Waals surface area contributed by atoms with Gasteiger partial charge in [0, 0.05) is 68.2 Å². The molecule has 83 heavy (non-hydrogen) atoms. The van der Waals surface area contributed by atoms with Crippen molar-refractivity contribution in [1.29, 1.82) is 0 Å². The van der Waals surface area contributed by atoms with Crippen LogP contribution in [0.4, 0.5) is 0 Å². The van der Waals surface area contributed by atoms with Crippen molar-refractivity contribution in [3.63, 3.8) is 0 Å². The zero-order chi connectivity index (χ0) is 54.8. The first-order valence-electron chi connectivity index (χ1n) is 28.4. The number of thiophene rings is 1. The Bertz CT molecular complexity index is 5250. The highest BCUT2D eigenvalue weighted by Gasteiger charge is 2.39. The second-order valence-electron chi connectivity index (χ2n) is 22.3. The van der Waals surface area contributed by atoms with E-state index in [1.54, 1.807) is 0 Å². The van der Waals surface area contributed by atoms with Gasteiger partial charge in [0.25, 0.3) is 0 Å². The van der Waals surface area contributed by atoms with Crippen LogP contribution in [-0.2, 0) is 0 Å². The van der Waals surface area contributed by atoms with Crippen molar-refractivity contribution in [3.05, 3.63) is 279 Å². The van der Waals surface area contributed by atoms with E-state index in [-0.39, 0.29) is 4.75 Å². The van der Waals surface area contributed by atoms with E-state index in [4.69, 9.17) is 9.97 Å². The van der Waals surface area contributed by atoms with E-state index in [0.29, 0.717) is 5.95 Å². The minimum atomic E-state index is 0.0562. The molecule has 0 spiro atoms. The summed E-state index contributed by atoms with van der Waals surface area (Å²) in [6.45, 7) is 2.38. The van der Waals surface area contributed by atoms with Crippen molar-refractivity contribution in [2.75, 3.05) is 0 Å². The summed E-state index contributed by atoms with van der Waals surface area (Å²) in [5.41, 5.74) is 21.2. The van der Waals surface area contributed by atoms with Gasteiger partial charge in [-0.2, -0.15) is 0 Å². The molecule has 0 N–H and O–H groups in total. The van der Waals surface area contributed by atoms with Crippen LogP contribution in [0.15, 0.2) is 278 Å². The van der Waals surface area contributed by atoms with Crippen LogP contribution in [0.5, 0.6) is 0 Å². The lowest BCUT2D eigenvalue weighted by atomic mass is 9.86. The van der Waals surface area contributed by atoms with Crippen LogP contribution in [0.25, 0.3) is 148 Å². The average Bonchev–Trinajstić information content (AvgIpc) is 3.69. The fourth-order valence-corrected chi connectivity index (χ4v) is 15.6. The molecule has 1 atom stereocenters. The molecular weight excluding hydrogens is 1050 g/mol. The Kier molecular flexibility index (Phi) is 10.9. The maximum absolute atomic E-state index is 5.67. The van der Waals surface area contributed by atoms with Gasteiger partial charge < -0.3 is 4.57 Å². The Morgan fingerprint density at radius 2 is 0.892 bits per heavy atom. The van der Waals surface area contributed by atoms with Crippen molar-refractivity contribution in [1.82, 2.24) is 19.1 Å². The number of hydrogen-bond donors (Lipinski definition) is 0. The lowest BCUT2D eigenvalue weighted by molar-refractivity contribution is 0.829. The minimum Gasteiger partial charge on any atom is -0.309 e. The van der Waals surface area contributed by atoms with E-state index < -0.39 is 0 Å². The van der Waals surface area contributed by atoms with Crippen molar-refractivity contribution in [2.24, 2.45) is 0 Å². The van der Waals surface area contributed by atoms with E-state index in [1.807, 2.05) is 23.1 Å². The Hall–Kier alpha value is -9.85.